The van der Waals surface area contributed by atoms with E-state index in [0.717, 1.165) is 16.1 Å². The second kappa shape index (κ2) is 10.1. The lowest BCUT2D eigenvalue weighted by Crippen LogP contribution is -2.41. The van der Waals surface area contributed by atoms with Gasteiger partial charge >= 0.3 is 0 Å². The molecular weight excluding hydrogens is 498 g/mol. The van der Waals surface area contributed by atoms with Gasteiger partial charge in [-0.2, -0.15) is 4.31 Å². The van der Waals surface area contributed by atoms with E-state index in [9.17, 15) is 21.6 Å². The number of amides is 1. The second-order valence-electron chi connectivity index (χ2n) is 8.29. The van der Waals surface area contributed by atoms with E-state index in [4.69, 9.17) is 0 Å². The van der Waals surface area contributed by atoms with Crippen molar-refractivity contribution >= 4 is 38.4 Å². The SMILES string of the molecule is CCC[C@H]1C(=O)N(S(C)(=O)=O)C2=CCN(S(=O)(=O)c3ccc(CN4C=CC=CC=C4)cc3)[C@@H]21.Cl. The first kappa shape index (κ1) is 26.2. The zero-order valence-electron chi connectivity index (χ0n) is 18.9. The Kier molecular flexibility index (Phi) is 7.76. The van der Waals surface area contributed by atoms with E-state index in [-0.39, 0.29) is 29.5 Å². The van der Waals surface area contributed by atoms with Gasteiger partial charge in [-0.1, -0.05) is 37.6 Å². The molecule has 2 atom stereocenters. The number of hydrogen-bond donors (Lipinski definition) is 0. The molecule has 0 radical (unpaired) electrons. The molecular formula is C23H28ClN3O5S2. The molecule has 1 aromatic rings. The van der Waals surface area contributed by atoms with E-state index in [2.05, 4.69) is 0 Å². The maximum Gasteiger partial charge on any atom is 0.245 e. The van der Waals surface area contributed by atoms with Crippen LogP contribution in [0.5, 0.6) is 0 Å². The van der Waals surface area contributed by atoms with Crippen LogP contribution in [0.1, 0.15) is 25.3 Å². The van der Waals surface area contributed by atoms with Crippen LogP contribution in [-0.4, -0.2) is 55.1 Å². The molecule has 4 rings (SSSR count). The monoisotopic (exact) mass is 525 g/mol. The van der Waals surface area contributed by atoms with E-state index in [1.807, 2.05) is 48.5 Å². The summed E-state index contributed by atoms with van der Waals surface area (Å²) in [7, 11) is -7.78. The Hall–Kier alpha value is -2.40. The molecule has 0 aromatic heterocycles. The third kappa shape index (κ3) is 4.86. The minimum atomic E-state index is -3.94. The van der Waals surface area contributed by atoms with Crippen molar-refractivity contribution in [3.05, 3.63) is 78.3 Å². The summed E-state index contributed by atoms with van der Waals surface area (Å²) in [5, 5.41) is 0. The number of benzene rings is 1. The average Bonchev–Trinajstić information content (AvgIpc) is 3.16. The molecule has 0 saturated carbocycles. The lowest BCUT2D eigenvalue weighted by atomic mass is 9.97. The number of fused-ring (bicyclic) bond motifs is 1. The molecule has 8 nitrogen and oxygen atoms in total. The van der Waals surface area contributed by atoms with Gasteiger partial charge in [0.1, 0.15) is 0 Å². The van der Waals surface area contributed by atoms with Gasteiger partial charge in [-0.25, -0.2) is 21.1 Å². The summed E-state index contributed by atoms with van der Waals surface area (Å²) >= 11 is 0. The number of halogens is 1. The van der Waals surface area contributed by atoms with Gasteiger partial charge in [-0.3, -0.25) is 4.79 Å². The van der Waals surface area contributed by atoms with E-state index in [1.165, 1.54) is 10.4 Å². The van der Waals surface area contributed by atoms with Crippen LogP contribution < -0.4 is 0 Å². The molecule has 0 bridgehead atoms. The third-order valence-corrected chi connectivity index (χ3v) is 8.86. The zero-order chi connectivity index (χ0) is 23.8. The molecule has 3 aliphatic rings. The number of hydrogen-bond acceptors (Lipinski definition) is 6. The van der Waals surface area contributed by atoms with Gasteiger partial charge in [0.25, 0.3) is 0 Å². The lowest BCUT2D eigenvalue weighted by Gasteiger charge is -2.26. The standard InChI is InChI=1S/C23H27N3O5S2.ClH/c1-3-8-20-22-21(26(23(20)27)32(2,28)29)13-16-25(22)33(30,31)19-11-9-18(10-12-19)17-24-14-6-4-5-7-15-24;/h4-7,9-15,20,22H,3,8,16-17H2,1-2H3;1H/t20-,22-;/m1./s1. The fourth-order valence-electron chi connectivity index (χ4n) is 4.50. The van der Waals surface area contributed by atoms with Gasteiger partial charge < -0.3 is 4.90 Å². The normalized spacial score (nSPS) is 22.5. The van der Waals surface area contributed by atoms with Crippen molar-refractivity contribution in [1.82, 2.24) is 13.5 Å². The number of carbonyl (C=O) groups is 1. The van der Waals surface area contributed by atoms with Crippen molar-refractivity contribution in [2.24, 2.45) is 5.92 Å². The number of nitrogens with zero attached hydrogens (tertiary/aromatic N) is 3. The molecule has 0 aliphatic carbocycles. The molecule has 1 fully saturated rings. The highest BCUT2D eigenvalue weighted by Gasteiger charge is 2.55. The van der Waals surface area contributed by atoms with Crippen molar-refractivity contribution in [2.45, 2.75) is 37.2 Å². The van der Waals surface area contributed by atoms with Gasteiger partial charge in [0.05, 0.1) is 28.8 Å². The zero-order valence-corrected chi connectivity index (χ0v) is 21.4. The molecule has 184 valence electrons. The van der Waals surface area contributed by atoms with Crippen molar-refractivity contribution in [3.63, 3.8) is 0 Å². The van der Waals surface area contributed by atoms with Crippen LogP contribution >= 0.6 is 12.4 Å². The smallest absolute Gasteiger partial charge is 0.245 e. The number of sulfonamides is 2. The molecule has 1 saturated heterocycles. The Bertz CT molecular complexity index is 1250. The molecule has 11 heteroatoms. The summed E-state index contributed by atoms with van der Waals surface area (Å²) in [6.07, 6.45) is 15.1. The van der Waals surface area contributed by atoms with Gasteiger partial charge in [-0.05, 0) is 42.3 Å². The largest absolute Gasteiger partial charge is 0.350 e. The van der Waals surface area contributed by atoms with Crippen molar-refractivity contribution < 1.29 is 21.6 Å². The van der Waals surface area contributed by atoms with E-state index < -0.39 is 37.9 Å². The summed E-state index contributed by atoms with van der Waals surface area (Å²) in [4.78, 5) is 15.0. The Morgan fingerprint density at radius 1 is 0.971 bits per heavy atom. The first-order valence-corrected chi connectivity index (χ1v) is 14.1. The first-order chi connectivity index (χ1) is 15.6. The maximum atomic E-state index is 13.5. The Morgan fingerprint density at radius 2 is 1.59 bits per heavy atom. The molecule has 34 heavy (non-hydrogen) atoms. The number of rotatable bonds is 7. The second-order valence-corrected chi connectivity index (χ2v) is 12.0. The molecule has 3 aliphatic heterocycles. The third-order valence-electron chi connectivity index (χ3n) is 5.94. The Balaban J connectivity index is 0.00000324. The Morgan fingerprint density at radius 3 is 2.15 bits per heavy atom. The lowest BCUT2D eigenvalue weighted by molar-refractivity contribution is -0.127. The summed E-state index contributed by atoms with van der Waals surface area (Å²) in [5.74, 6) is -1.28. The summed E-state index contributed by atoms with van der Waals surface area (Å²) in [5.41, 5.74) is 1.18. The van der Waals surface area contributed by atoms with Crippen LogP contribution in [0.4, 0.5) is 0 Å². The topological polar surface area (TPSA) is 95.1 Å². The molecule has 0 spiro atoms. The predicted molar refractivity (Wildman–Crippen MR) is 133 cm³/mol. The molecule has 1 amide bonds. The van der Waals surface area contributed by atoms with Crippen molar-refractivity contribution in [1.29, 1.82) is 0 Å². The fourth-order valence-corrected chi connectivity index (χ4v) is 7.10. The van der Waals surface area contributed by atoms with Gasteiger partial charge in [0, 0.05) is 25.5 Å². The van der Waals surface area contributed by atoms with Crippen LogP contribution in [0.15, 0.2) is 77.6 Å². The van der Waals surface area contributed by atoms with Crippen LogP contribution in [0.2, 0.25) is 0 Å². The van der Waals surface area contributed by atoms with Crippen LogP contribution in [0.3, 0.4) is 0 Å². The predicted octanol–water partition coefficient (Wildman–Crippen LogP) is 2.98. The molecule has 3 heterocycles. The minimum absolute atomic E-state index is 0. The molecule has 1 aromatic carbocycles. The van der Waals surface area contributed by atoms with Crippen LogP contribution in [0.25, 0.3) is 0 Å². The highest BCUT2D eigenvalue weighted by Crippen LogP contribution is 2.42. The van der Waals surface area contributed by atoms with E-state index >= 15 is 0 Å². The van der Waals surface area contributed by atoms with Crippen LogP contribution in [-0.2, 0) is 31.4 Å². The fraction of sp³-hybridized carbons (Fsp3) is 0.348. The van der Waals surface area contributed by atoms with Gasteiger partial charge in [-0.15, -0.1) is 12.4 Å². The average molecular weight is 526 g/mol. The van der Waals surface area contributed by atoms with Crippen LogP contribution in [0, 0.1) is 5.92 Å². The van der Waals surface area contributed by atoms with Gasteiger partial charge in [0.2, 0.25) is 26.0 Å². The minimum Gasteiger partial charge on any atom is -0.350 e. The van der Waals surface area contributed by atoms with E-state index in [1.54, 1.807) is 24.3 Å². The summed E-state index contributed by atoms with van der Waals surface area (Å²) in [6, 6.07) is 5.85. The summed E-state index contributed by atoms with van der Waals surface area (Å²) in [6.45, 7) is 2.50. The van der Waals surface area contributed by atoms with E-state index in [0.29, 0.717) is 19.4 Å². The molecule has 0 N–H and O–H groups in total. The number of allylic oxidation sites excluding steroid dienone is 4. The van der Waals surface area contributed by atoms with Crippen molar-refractivity contribution in [2.75, 3.05) is 12.8 Å². The quantitative estimate of drug-likeness (QED) is 0.543. The summed E-state index contributed by atoms with van der Waals surface area (Å²) < 4.78 is 53.6. The highest BCUT2D eigenvalue weighted by molar-refractivity contribution is 7.89. The highest BCUT2D eigenvalue weighted by atomic mass is 35.5. The Labute approximate surface area is 207 Å². The first-order valence-electron chi connectivity index (χ1n) is 10.8. The molecule has 0 unspecified atom stereocenters. The van der Waals surface area contributed by atoms with Gasteiger partial charge in [0.15, 0.2) is 0 Å². The van der Waals surface area contributed by atoms with Crippen molar-refractivity contribution in [3.8, 4) is 0 Å². The number of carbonyl (C=O) groups excluding carboxylic acids is 1. The maximum absolute atomic E-state index is 13.5.